The van der Waals surface area contributed by atoms with E-state index in [0.29, 0.717) is 11.8 Å². The van der Waals surface area contributed by atoms with Crippen molar-refractivity contribution in [2.24, 2.45) is 5.92 Å². The lowest BCUT2D eigenvalue weighted by Gasteiger charge is -2.26. The van der Waals surface area contributed by atoms with Crippen LogP contribution < -0.4 is 5.32 Å². The fourth-order valence-corrected chi connectivity index (χ4v) is 3.31. The van der Waals surface area contributed by atoms with Crippen LogP contribution in [-0.4, -0.2) is 11.7 Å². The lowest BCUT2D eigenvalue weighted by molar-refractivity contribution is 0.436. The molecular formula is C19H31NO. The van der Waals surface area contributed by atoms with Gasteiger partial charge in [0.25, 0.3) is 0 Å². The zero-order valence-electron chi connectivity index (χ0n) is 13.7. The van der Waals surface area contributed by atoms with Crippen molar-refractivity contribution in [2.45, 2.75) is 71.3 Å². The van der Waals surface area contributed by atoms with Crippen molar-refractivity contribution < 1.29 is 5.11 Å². The molecule has 1 aromatic carbocycles. The van der Waals surface area contributed by atoms with E-state index < -0.39 is 0 Å². The van der Waals surface area contributed by atoms with Crippen LogP contribution in [0.3, 0.4) is 0 Å². The maximum Gasteiger partial charge on any atom is 0.115 e. The monoisotopic (exact) mass is 289 g/mol. The largest absolute Gasteiger partial charge is 0.508 e. The van der Waals surface area contributed by atoms with Crippen LogP contribution >= 0.6 is 0 Å². The SMILES string of the molecule is CC(C)CCCCCCNC1CCCc2ccc(O)cc21. The Labute approximate surface area is 130 Å². The summed E-state index contributed by atoms with van der Waals surface area (Å²) in [4.78, 5) is 0. The summed E-state index contributed by atoms with van der Waals surface area (Å²) in [5.74, 6) is 1.24. The van der Waals surface area contributed by atoms with E-state index in [9.17, 15) is 5.11 Å². The van der Waals surface area contributed by atoms with E-state index in [1.54, 1.807) is 0 Å². The number of hydrogen-bond acceptors (Lipinski definition) is 2. The normalized spacial score (nSPS) is 18.0. The second kappa shape index (κ2) is 8.43. The van der Waals surface area contributed by atoms with E-state index in [1.807, 2.05) is 12.1 Å². The van der Waals surface area contributed by atoms with Crippen molar-refractivity contribution in [3.63, 3.8) is 0 Å². The number of aryl methyl sites for hydroxylation is 1. The smallest absolute Gasteiger partial charge is 0.115 e. The van der Waals surface area contributed by atoms with E-state index >= 15 is 0 Å². The Morgan fingerprint density at radius 1 is 1.19 bits per heavy atom. The van der Waals surface area contributed by atoms with Gasteiger partial charge in [0.2, 0.25) is 0 Å². The molecule has 0 saturated carbocycles. The molecule has 118 valence electrons. The molecule has 0 spiro atoms. The molecule has 0 saturated heterocycles. The molecule has 1 aliphatic carbocycles. The number of hydrogen-bond donors (Lipinski definition) is 2. The second-order valence-electron chi connectivity index (χ2n) is 6.88. The van der Waals surface area contributed by atoms with Gasteiger partial charge in [0, 0.05) is 6.04 Å². The summed E-state index contributed by atoms with van der Waals surface area (Å²) in [7, 11) is 0. The summed E-state index contributed by atoms with van der Waals surface area (Å²) in [6.45, 7) is 5.70. The molecular weight excluding hydrogens is 258 g/mol. The van der Waals surface area contributed by atoms with Crippen molar-refractivity contribution in [3.05, 3.63) is 29.3 Å². The van der Waals surface area contributed by atoms with E-state index in [1.165, 1.54) is 56.1 Å². The van der Waals surface area contributed by atoms with Gasteiger partial charge in [0.1, 0.15) is 5.75 Å². The number of benzene rings is 1. The lowest BCUT2D eigenvalue weighted by atomic mass is 9.87. The van der Waals surface area contributed by atoms with E-state index in [4.69, 9.17) is 0 Å². The fraction of sp³-hybridized carbons (Fsp3) is 0.684. The van der Waals surface area contributed by atoms with Gasteiger partial charge in [-0.25, -0.2) is 0 Å². The van der Waals surface area contributed by atoms with Crippen LogP contribution in [0.25, 0.3) is 0 Å². The third kappa shape index (κ3) is 5.35. The van der Waals surface area contributed by atoms with Crippen LogP contribution in [0.2, 0.25) is 0 Å². The van der Waals surface area contributed by atoms with Crippen LogP contribution in [0.15, 0.2) is 18.2 Å². The number of aromatic hydroxyl groups is 1. The molecule has 2 heteroatoms. The Morgan fingerprint density at radius 2 is 2.00 bits per heavy atom. The molecule has 0 amide bonds. The van der Waals surface area contributed by atoms with E-state index in [0.717, 1.165) is 18.9 Å². The summed E-state index contributed by atoms with van der Waals surface area (Å²) >= 11 is 0. The average molecular weight is 289 g/mol. The molecule has 0 aromatic heterocycles. The lowest BCUT2D eigenvalue weighted by Crippen LogP contribution is -2.26. The topological polar surface area (TPSA) is 32.3 Å². The van der Waals surface area contributed by atoms with Crippen molar-refractivity contribution in [1.82, 2.24) is 5.32 Å². The van der Waals surface area contributed by atoms with Crippen molar-refractivity contribution in [2.75, 3.05) is 6.54 Å². The molecule has 1 unspecified atom stereocenters. The predicted molar refractivity (Wildman–Crippen MR) is 89.7 cm³/mol. The Balaban J connectivity index is 1.69. The number of fused-ring (bicyclic) bond motifs is 1. The van der Waals surface area contributed by atoms with Gasteiger partial charge in [0.15, 0.2) is 0 Å². The van der Waals surface area contributed by atoms with Crippen molar-refractivity contribution in [1.29, 1.82) is 0 Å². The highest BCUT2D eigenvalue weighted by molar-refractivity contribution is 5.38. The Morgan fingerprint density at radius 3 is 2.81 bits per heavy atom. The summed E-state index contributed by atoms with van der Waals surface area (Å²) in [5.41, 5.74) is 2.73. The van der Waals surface area contributed by atoms with Gasteiger partial charge < -0.3 is 10.4 Å². The van der Waals surface area contributed by atoms with Gasteiger partial charge in [-0.2, -0.15) is 0 Å². The molecule has 1 aliphatic rings. The molecule has 1 aromatic rings. The highest BCUT2D eigenvalue weighted by Crippen LogP contribution is 2.32. The van der Waals surface area contributed by atoms with Crippen LogP contribution in [-0.2, 0) is 6.42 Å². The average Bonchev–Trinajstić information content (AvgIpc) is 2.46. The highest BCUT2D eigenvalue weighted by Gasteiger charge is 2.19. The molecule has 2 rings (SSSR count). The number of unbranched alkanes of at least 4 members (excludes halogenated alkanes) is 3. The minimum absolute atomic E-state index is 0.399. The summed E-state index contributed by atoms with van der Waals surface area (Å²) in [6.07, 6.45) is 10.3. The fourth-order valence-electron chi connectivity index (χ4n) is 3.31. The number of rotatable bonds is 8. The molecule has 0 fully saturated rings. The van der Waals surface area contributed by atoms with Gasteiger partial charge >= 0.3 is 0 Å². The van der Waals surface area contributed by atoms with Gasteiger partial charge in [-0.3, -0.25) is 0 Å². The molecule has 1 atom stereocenters. The number of phenols is 1. The summed E-state index contributed by atoms with van der Waals surface area (Å²) < 4.78 is 0. The molecule has 2 N–H and O–H groups in total. The van der Waals surface area contributed by atoms with Crippen molar-refractivity contribution >= 4 is 0 Å². The zero-order valence-corrected chi connectivity index (χ0v) is 13.7. The second-order valence-corrected chi connectivity index (χ2v) is 6.88. The maximum absolute atomic E-state index is 9.69. The van der Waals surface area contributed by atoms with Gasteiger partial charge in [-0.05, 0) is 61.4 Å². The molecule has 0 bridgehead atoms. The van der Waals surface area contributed by atoms with Crippen LogP contribution in [0, 0.1) is 5.92 Å². The minimum Gasteiger partial charge on any atom is -0.508 e. The van der Waals surface area contributed by atoms with Gasteiger partial charge in [-0.1, -0.05) is 45.6 Å². The van der Waals surface area contributed by atoms with Gasteiger partial charge in [-0.15, -0.1) is 0 Å². The molecule has 0 aliphatic heterocycles. The highest BCUT2D eigenvalue weighted by atomic mass is 16.3. The number of phenolic OH excluding ortho intramolecular Hbond substituents is 1. The first-order valence-electron chi connectivity index (χ1n) is 8.72. The first kappa shape index (κ1) is 16.4. The quantitative estimate of drug-likeness (QED) is 0.662. The Kier molecular flexibility index (Phi) is 6.56. The van der Waals surface area contributed by atoms with Crippen molar-refractivity contribution in [3.8, 4) is 5.75 Å². The third-order valence-corrected chi connectivity index (χ3v) is 4.54. The molecule has 2 nitrogen and oxygen atoms in total. The molecule has 21 heavy (non-hydrogen) atoms. The summed E-state index contributed by atoms with van der Waals surface area (Å²) in [5, 5.41) is 13.4. The zero-order chi connectivity index (χ0) is 15.1. The maximum atomic E-state index is 9.69. The summed E-state index contributed by atoms with van der Waals surface area (Å²) in [6, 6.07) is 6.30. The first-order valence-corrected chi connectivity index (χ1v) is 8.72. The predicted octanol–water partition coefficient (Wildman–Crippen LogP) is 4.97. The Hall–Kier alpha value is -1.02. The van der Waals surface area contributed by atoms with Crippen LogP contribution in [0.5, 0.6) is 5.75 Å². The van der Waals surface area contributed by atoms with Gasteiger partial charge in [0.05, 0.1) is 0 Å². The first-order chi connectivity index (χ1) is 10.2. The minimum atomic E-state index is 0.399. The molecule has 0 radical (unpaired) electrons. The standard InChI is InChI=1S/C19H31NO/c1-15(2)8-5-3-4-6-13-20-19-10-7-9-16-11-12-17(21)14-18(16)19/h11-12,14-15,19-21H,3-10,13H2,1-2H3. The number of nitrogens with one attached hydrogen (secondary N) is 1. The Bertz CT molecular complexity index is 428. The van der Waals surface area contributed by atoms with E-state index in [2.05, 4.69) is 25.2 Å². The molecule has 0 heterocycles. The van der Waals surface area contributed by atoms with Crippen LogP contribution in [0.4, 0.5) is 0 Å². The van der Waals surface area contributed by atoms with Crippen LogP contribution in [0.1, 0.15) is 76.0 Å². The van der Waals surface area contributed by atoms with E-state index in [-0.39, 0.29) is 0 Å². The third-order valence-electron chi connectivity index (χ3n) is 4.54.